The fourth-order valence-corrected chi connectivity index (χ4v) is 4.66. The van der Waals surface area contributed by atoms with Gasteiger partial charge in [-0.05, 0) is 61.7 Å². The van der Waals surface area contributed by atoms with Crippen LogP contribution in [0.5, 0.6) is 17.2 Å². The van der Waals surface area contributed by atoms with Gasteiger partial charge in [0, 0.05) is 6.42 Å². The fourth-order valence-electron chi connectivity index (χ4n) is 3.89. The minimum absolute atomic E-state index is 0.0715. The highest BCUT2D eigenvalue weighted by Crippen LogP contribution is 2.30. The van der Waals surface area contributed by atoms with E-state index in [-0.39, 0.29) is 5.57 Å². The van der Waals surface area contributed by atoms with Gasteiger partial charge < -0.3 is 14.2 Å². The molecule has 9 heteroatoms. The highest BCUT2D eigenvalue weighted by atomic mass is 32.1. The van der Waals surface area contributed by atoms with Gasteiger partial charge in [-0.15, -0.1) is 10.2 Å². The van der Waals surface area contributed by atoms with Gasteiger partial charge in [-0.2, -0.15) is 5.26 Å². The van der Waals surface area contributed by atoms with Crippen molar-refractivity contribution in [3.63, 3.8) is 0 Å². The molecule has 4 rings (SSSR count). The largest absolute Gasteiger partial charge is 0.490 e. The molecule has 1 heterocycles. The molecule has 0 fully saturated rings. The quantitative estimate of drug-likeness (QED) is 0.127. The molecule has 0 unspecified atom stereocenters. The number of aryl methyl sites for hydroxylation is 2. The van der Waals surface area contributed by atoms with E-state index in [1.165, 1.54) is 23.0 Å². The number of aromatic nitrogens is 2. The van der Waals surface area contributed by atoms with Crippen LogP contribution in [0.15, 0.2) is 72.3 Å². The summed E-state index contributed by atoms with van der Waals surface area (Å²) in [5, 5.41) is 21.6. The van der Waals surface area contributed by atoms with Crippen LogP contribution in [0.4, 0.5) is 5.13 Å². The standard InChI is InChI=1S/C31H30N4O4S/c1-4-37-28-18-24(11-13-27(28)39-15-14-38-26-12-10-21(2)16-22(26)3)17-25(20-32)30(36)33-31-35-34-29(40-31)19-23-8-6-5-7-9-23/h5-13,16-18H,4,14-15,19H2,1-3H3,(H,33,35,36). The van der Waals surface area contributed by atoms with Crippen molar-refractivity contribution in [2.75, 3.05) is 25.1 Å². The van der Waals surface area contributed by atoms with E-state index in [0.717, 1.165) is 21.9 Å². The summed E-state index contributed by atoms with van der Waals surface area (Å²) in [6.07, 6.45) is 2.11. The first-order chi connectivity index (χ1) is 19.4. The van der Waals surface area contributed by atoms with Crippen LogP contribution in [-0.4, -0.2) is 35.9 Å². The molecule has 1 N–H and O–H groups in total. The van der Waals surface area contributed by atoms with Gasteiger partial charge in [-0.1, -0.05) is 65.4 Å². The van der Waals surface area contributed by atoms with Crippen molar-refractivity contribution in [1.29, 1.82) is 5.26 Å². The van der Waals surface area contributed by atoms with Gasteiger partial charge in [0.2, 0.25) is 5.13 Å². The van der Waals surface area contributed by atoms with Crippen LogP contribution < -0.4 is 19.5 Å². The molecule has 4 aromatic rings. The lowest BCUT2D eigenvalue weighted by atomic mass is 10.1. The molecule has 0 radical (unpaired) electrons. The molecule has 3 aromatic carbocycles. The molecule has 0 atom stereocenters. The number of nitrogens with zero attached hydrogens (tertiary/aromatic N) is 3. The molecule has 0 aliphatic rings. The number of amides is 1. The Kier molecular flexibility index (Phi) is 9.86. The smallest absolute Gasteiger partial charge is 0.268 e. The molecule has 0 aliphatic heterocycles. The number of ether oxygens (including phenoxy) is 3. The molecule has 0 spiro atoms. The summed E-state index contributed by atoms with van der Waals surface area (Å²) in [7, 11) is 0. The van der Waals surface area contributed by atoms with E-state index < -0.39 is 5.91 Å². The predicted octanol–water partition coefficient (Wildman–Crippen LogP) is 6.15. The molecule has 1 amide bonds. The lowest BCUT2D eigenvalue weighted by Gasteiger charge is -2.14. The fraction of sp³-hybridized carbons (Fsp3) is 0.226. The van der Waals surface area contributed by atoms with E-state index in [1.807, 2.05) is 69.3 Å². The highest BCUT2D eigenvalue weighted by molar-refractivity contribution is 7.15. The third-order valence-electron chi connectivity index (χ3n) is 5.76. The lowest BCUT2D eigenvalue weighted by Crippen LogP contribution is -2.13. The van der Waals surface area contributed by atoms with E-state index in [1.54, 1.807) is 18.2 Å². The van der Waals surface area contributed by atoms with Crippen molar-refractivity contribution in [2.45, 2.75) is 27.2 Å². The molecule has 0 aliphatic carbocycles. The van der Waals surface area contributed by atoms with E-state index in [2.05, 4.69) is 21.6 Å². The number of anilines is 1. The Morgan fingerprint density at radius 2 is 1.70 bits per heavy atom. The summed E-state index contributed by atoms with van der Waals surface area (Å²) >= 11 is 1.27. The van der Waals surface area contributed by atoms with E-state index in [4.69, 9.17) is 14.2 Å². The number of rotatable bonds is 12. The Morgan fingerprint density at radius 1 is 0.950 bits per heavy atom. The summed E-state index contributed by atoms with van der Waals surface area (Å²) in [5.74, 6) is 1.32. The van der Waals surface area contributed by atoms with Gasteiger partial charge >= 0.3 is 0 Å². The van der Waals surface area contributed by atoms with Crippen LogP contribution in [0.1, 0.15) is 34.2 Å². The third-order valence-corrected chi connectivity index (χ3v) is 6.60. The van der Waals surface area contributed by atoms with E-state index in [0.29, 0.717) is 48.4 Å². The van der Waals surface area contributed by atoms with Gasteiger partial charge in [-0.25, -0.2) is 0 Å². The molecule has 204 valence electrons. The Labute approximate surface area is 237 Å². The van der Waals surface area contributed by atoms with Gasteiger partial charge in [0.25, 0.3) is 5.91 Å². The van der Waals surface area contributed by atoms with Crippen molar-refractivity contribution in [2.24, 2.45) is 0 Å². The van der Waals surface area contributed by atoms with Crippen molar-refractivity contribution in [3.8, 4) is 23.3 Å². The number of hydrogen-bond donors (Lipinski definition) is 1. The lowest BCUT2D eigenvalue weighted by molar-refractivity contribution is -0.112. The monoisotopic (exact) mass is 554 g/mol. The van der Waals surface area contributed by atoms with Gasteiger partial charge in [-0.3, -0.25) is 10.1 Å². The zero-order chi connectivity index (χ0) is 28.3. The second-order valence-corrected chi connectivity index (χ2v) is 9.95. The summed E-state index contributed by atoms with van der Waals surface area (Å²) in [6, 6.07) is 23.1. The molecule has 0 saturated heterocycles. The van der Waals surface area contributed by atoms with E-state index in [9.17, 15) is 10.1 Å². The van der Waals surface area contributed by atoms with Crippen molar-refractivity contribution < 1.29 is 19.0 Å². The first-order valence-electron chi connectivity index (χ1n) is 12.8. The zero-order valence-corrected chi connectivity index (χ0v) is 23.5. The third kappa shape index (κ3) is 7.91. The molecular weight excluding hydrogens is 524 g/mol. The van der Waals surface area contributed by atoms with Crippen molar-refractivity contribution in [3.05, 3.63) is 99.6 Å². The summed E-state index contributed by atoms with van der Waals surface area (Å²) < 4.78 is 17.5. The number of hydrogen-bond acceptors (Lipinski definition) is 8. The van der Waals surface area contributed by atoms with Gasteiger partial charge in [0.05, 0.1) is 6.61 Å². The average Bonchev–Trinajstić information content (AvgIpc) is 3.38. The summed E-state index contributed by atoms with van der Waals surface area (Å²) in [4.78, 5) is 12.8. The molecule has 40 heavy (non-hydrogen) atoms. The number of benzene rings is 3. The molecule has 0 saturated carbocycles. The first-order valence-corrected chi connectivity index (χ1v) is 13.7. The van der Waals surface area contributed by atoms with E-state index >= 15 is 0 Å². The summed E-state index contributed by atoms with van der Waals surface area (Å²) in [6.45, 7) is 7.04. The average molecular weight is 555 g/mol. The van der Waals surface area contributed by atoms with Gasteiger partial charge in [0.1, 0.15) is 35.6 Å². The molecule has 0 bridgehead atoms. The number of nitriles is 1. The van der Waals surface area contributed by atoms with Crippen LogP contribution in [0.2, 0.25) is 0 Å². The molecule has 8 nitrogen and oxygen atoms in total. The first kappa shape index (κ1) is 28.3. The zero-order valence-electron chi connectivity index (χ0n) is 22.6. The van der Waals surface area contributed by atoms with Crippen LogP contribution in [0.3, 0.4) is 0 Å². The Morgan fingerprint density at radius 3 is 2.42 bits per heavy atom. The molecule has 1 aromatic heterocycles. The number of nitrogens with one attached hydrogen (secondary N) is 1. The van der Waals surface area contributed by atoms with Crippen LogP contribution in [0, 0.1) is 25.2 Å². The minimum Gasteiger partial charge on any atom is -0.490 e. The predicted molar refractivity (Wildman–Crippen MR) is 156 cm³/mol. The maximum Gasteiger partial charge on any atom is 0.268 e. The van der Waals surface area contributed by atoms with Gasteiger partial charge in [0.15, 0.2) is 11.5 Å². The second-order valence-electron chi connectivity index (χ2n) is 8.89. The summed E-state index contributed by atoms with van der Waals surface area (Å²) in [5.41, 5.74) is 3.90. The number of carbonyl (C=O) groups is 1. The van der Waals surface area contributed by atoms with Crippen LogP contribution >= 0.6 is 11.3 Å². The minimum atomic E-state index is -0.563. The normalized spacial score (nSPS) is 11.0. The Balaban J connectivity index is 1.38. The SMILES string of the molecule is CCOc1cc(C=C(C#N)C(=O)Nc2nnc(Cc3ccccc3)s2)ccc1OCCOc1ccc(C)cc1C. The maximum absolute atomic E-state index is 12.8. The Hall–Kier alpha value is -4.68. The highest BCUT2D eigenvalue weighted by Gasteiger charge is 2.14. The van der Waals surface area contributed by atoms with Crippen LogP contribution in [-0.2, 0) is 11.2 Å². The maximum atomic E-state index is 12.8. The van der Waals surface area contributed by atoms with Crippen molar-refractivity contribution in [1.82, 2.24) is 10.2 Å². The topological polar surface area (TPSA) is 106 Å². The Bertz CT molecular complexity index is 1530. The second kappa shape index (κ2) is 13.9. The van der Waals surface area contributed by atoms with Crippen molar-refractivity contribution >= 4 is 28.5 Å². The number of carbonyl (C=O) groups excluding carboxylic acids is 1. The molecular formula is C31H30N4O4S. The van der Waals surface area contributed by atoms with Crippen LogP contribution in [0.25, 0.3) is 6.08 Å².